The van der Waals surface area contributed by atoms with Crippen LogP contribution in [-0.4, -0.2) is 36.4 Å². The van der Waals surface area contributed by atoms with E-state index >= 15 is 0 Å². The van der Waals surface area contributed by atoms with Crippen molar-refractivity contribution in [1.82, 2.24) is 0 Å². The summed E-state index contributed by atoms with van der Waals surface area (Å²) < 4.78 is 10.7. The maximum atomic E-state index is 12.3. The largest absolute Gasteiger partial charge is 0.462 e. The molecule has 0 aromatic heterocycles. The summed E-state index contributed by atoms with van der Waals surface area (Å²) >= 11 is 0. The summed E-state index contributed by atoms with van der Waals surface area (Å²) in [5.41, 5.74) is 0. The molecule has 0 aliphatic heterocycles. The number of hydrogen-bond acceptors (Lipinski definition) is 5. The number of ether oxygens (including phenoxy) is 2. The number of carbonyl (C=O) groups is 2. The lowest BCUT2D eigenvalue weighted by Gasteiger charge is -2.15. The lowest BCUT2D eigenvalue weighted by molar-refractivity contribution is -0.161. The van der Waals surface area contributed by atoms with E-state index in [1.807, 2.05) is 0 Å². The summed E-state index contributed by atoms with van der Waals surface area (Å²) in [6, 6.07) is 0. The number of esters is 2. The van der Waals surface area contributed by atoms with Crippen molar-refractivity contribution >= 4 is 11.9 Å². The van der Waals surface area contributed by atoms with Gasteiger partial charge in [0.15, 0.2) is 6.10 Å². The van der Waals surface area contributed by atoms with E-state index < -0.39 is 6.10 Å². The van der Waals surface area contributed by atoms with Crippen molar-refractivity contribution in [3.63, 3.8) is 0 Å². The normalized spacial score (nSPS) is 13.0. The Morgan fingerprint density at radius 2 is 0.672 bits per heavy atom. The molecular weight excluding hydrogens is 789 g/mol. The molecule has 0 aromatic rings. The Bertz CT molecular complexity index is 1230. The van der Waals surface area contributed by atoms with Gasteiger partial charge in [-0.15, -0.1) is 0 Å². The highest BCUT2D eigenvalue weighted by Crippen LogP contribution is 2.15. The Hall–Kier alpha value is -3.18. The zero-order valence-electron chi connectivity index (χ0n) is 41.8. The molecule has 0 aliphatic rings. The van der Waals surface area contributed by atoms with E-state index in [1.165, 1.54) is 135 Å². The highest BCUT2D eigenvalue weighted by Gasteiger charge is 2.16. The van der Waals surface area contributed by atoms with Crippen molar-refractivity contribution in [1.29, 1.82) is 0 Å². The van der Waals surface area contributed by atoms with Crippen molar-refractivity contribution in [2.45, 2.75) is 251 Å². The Labute approximate surface area is 396 Å². The van der Waals surface area contributed by atoms with Crippen molar-refractivity contribution in [2.75, 3.05) is 13.2 Å². The first kappa shape index (κ1) is 60.8. The molecule has 64 heavy (non-hydrogen) atoms. The minimum absolute atomic E-state index is 0.0722. The van der Waals surface area contributed by atoms with Gasteiger partial charge in [-0.25, -0.2) is 0 Å². The molecule has 366 valence electrons. The molecule has 0 bridgehead atoms. The second-order valence-corrected chi connectivity index (χ2v) is 17.6. The zero-order chi connectivity index (χ0) is 46.3. The number of hydrogen-bond donors (Lipinski definition) is 1. The Kier molecular flexibility index (Phi) is 51.5. The second-order valence-electron chi connectivity index (χ2n) is 17.6. The molecule has 5 heteroatoms. The molecular formula is C59H100O5. The van der Waals surface area contributed by atoms with Crippen LogP contribution in [0.15, 0.2) is 97.2 Å². The summed E-state index contributed by atoms with van der Waals surface area (Å²) in [5, 5.41) is 9.63. The molecule has 0 radical (unpaired) electrons. The predicted molar refractivity (Wildman–Crippen MR) is 279 cm³/mol. The number of rotatable bonds is 48. The van der Waals surface area contributed by atoms with Gasteiger partial charge >= 0.3 is 11.9 Å². The highest BCUT2D eigenvalue weighted by molar-refractivity contribution is 5.70. The standard InChI is InChI=1S/C59H100O5/c1-3-5-7-9-11-13-15-17-19-21-22-23-24-25-26-27-28-29-30-31-32-33-34-35-36-38-40-42-44-46-48-50-52-54-59(62)64-57(55-60)56-63-58(61)53-51-49-47-45-43-41-39-37-20-18-16-14-12-10-8-6-4-2/h5,7,11,13,17-20,22-23,25-26,28-29,31-32,57,60H,3-4,6,8-10,12,14-16,21,24,27,30,33-56H2,1-2H3/b7-5-,13-11-,19-17-,20-18-,23-22-,26-25-,29-28-,32-31-. The van der Waals surface area contributed by atoms with Gasteiger partial charge in [0.2, 0.25) is 0 Å². The topological polar surface area (TPSA) is 72.8 Å². The third kappa shape index (κ3) is 51.5. The third-order valence-corrected chi connectivity index (χ3v) is 11.4. The van der Waals surface area contributed by atoms with Gasteiger partial charge in [-0.05, 0) is 96.3 Å². The van der Waals surface area contributed by atoms with E-state index in [-0.39, 0.29) is 25.2 Å². The van der Waals surface area contributed by atoms with Gasteiger partial charge in [0, 0.05) is 12.8 Å². The summed E-state index contributed by atoms with van der Waals surface area (Å²) in [4.78, 5) is 24.5. The fourth-order valence-electron chi connectivity index (χ4n) is 7.35. The number of allylic oxidation sites excluding steroid dienone is 16. The number of aliphatic hydroxyl groups is 1. The van der Waals surface area contributed by atoms with Gasteiger partial charge in [0.05, 0.1) is 6.61 Å². The third-order valence-electron chi connectivity index (χ3n) is 11.4. The quantitative estimate of drug-likeness (QED) is 0.0374. The van der Waals surface area contributed by atoms with Crippen LogP contribution in [0.1, 0.15) is 245 Å². The van der Waals surface area contributed by atoms with Crippen molar-refractivity contribution < 1.29 is 24.2 Å². The Morgan fingerprint density at radius 3 is 1.03 bits per heavy atom. The Balaban J connectivity index is 3.54. The van der Waals surface area contributed by atoms with Gasteiger partial charge in [-0.1, -0.05) is 233 Å². The van der Waals surface area contributed by atoms with E-state index in [1.54, 1.807) is 0 Å². The van der Waals surface area contributed by atoms with E-state index in [2.05, 4.69) is 111 Å². The summed E-state index contributed by atoms with van der Waals surface area (Å²) in [5.74, 6) is -0.599. The number of carbonyl (C=O) groups excluding carboxylic acids is 2. The van der Waals surface area contributed by atoms with Crippen molar-refractivity contribution in [2.24, 2.45) is 0 Å². The minimum atomic E-state index is -0.780. The molecule has 1 unspecified atom stereocenters. The first-order valence-electron chi connectivity index (χ1n) is 26.8. The van der Waals surface area contributed by atoms with Crippen LogP contribution in [0.2, 0.25) is 0 Å². The predicted octanol–water partition coefficient (Wildman–Crippen LogP) is 18.0. The molecule has 0 aromatic carbocycles. The minimum Gasteiger partial charge on any atom is -0.462 e. The maximum absolute atomic E-state index is 12.3. The van der Waals surface area contributed by atoms with Crippen LogP contribution in [-0.2, 0) is 19.1 Å². The van der Waals surface area contributed by atoms with Gasteiger partial charge < -0.3 is 14.6 Å². The average Bonchev–Trinajstić information content (AvgIpc) is 3.30. The van der Waals surface area contributed by atoms with Crippen LogP contribution in [0, 0.1) is 0 Å². The Morgan fingerprint density at radius 1 is 0.375 bits per heavy atom. The van der Waals surface area contributed by atoms with Crippen LogP contribution in [0.4, 0.5) is 0 Å². The number of unbranched alkanes of at least 4 members (excludes halogenated alkanes) is 24. The molecule has 0 heterocycles. The van der Waals surface area contributed by atoms with Crippen molar-refractivity contribution in [3.05, 3.63) is 97.2 Å². The van der Waals surface area contributed by atoms with E-state index in [0.717, 1.165) is 83.5 Å². The molecule has 0 rings (SSSR count). The van der Waals surface area contributed by atoms with Crippen LogP contribution in [0.3, 0.4) is 0 Å². The van der Waals surface area contributed by atoms with Gasteiger partial charge in [0.25, 0.3) is 0 Å². The van der Waals surface area contributed by atoms with Gasteiger partial charge in [0.1, 0.15) is 6.61 Å². The summed E-state index contributed by atoms with van der Waals surface area (Å²) in [7, 11) is 0. The van der Waals surface area contributed by atoms with Crippen molar-refractivity contribution in [3.8, 4) is 0 Å². The van der Waals surface area contributed by atoms with Crippen LogP contribution in [0.5, 0.6) is 0 Å². The SMILES string of the molecule is CC/C=C\C/C=C\C/C=C\C/C=C\C/C=C\C/C=C\C/C=C\CCCCCCCCCCCCCC(=O)OC(CO)COC(=O)CCCCCCCCC/C=C\CCCCCCCC. The van der Waals surface area contributed by atoms with Gasteiger partial charge in [-0.2, -0.15) is 0 Å². The van der Waals surface area contributed by atoms with Crippen LogP contribution >= 0.6 is 0 Å². The van der Waals surface area contributed by atoms with E-state index in [0.29, 0.717) is 12.8 Å². The van der Waals surface area contributed by atoms with Crippen LogP contribution < -0.4 is 0 Å². The molecule has 0 saturated carbocycles. The molecule has 0 amide bonds. The average molecular weight is 889 g/mol. The fraction of sp³-hybridized carbons (Fsp3) is 0.695. The molecule has 1 atom stereocenters. The van der Waals surface area contributed by atoms with Crippen LogP contribution in [0.25, 0.3) is 0 Å². The zero-order valence-corrected chi connectivity index (χ0v) is 41.8. The molecule has 5 nitrogen and oxygen atoms in total. The summed E-state index contributed by atoms with van der Waals surface area (Å²) in [6.45, 7) is 4.02. The molecule has 0 spiro atoms. The monoisotopic (exact) mass is 889 g/mol. The lowest BCUT2D eigenvalue weighted by Crippen LogP contribution is -2.28. The first-order valence-corrected chi connectivity index (χ1v) is 26.8. The molecule has 0 saturated heterocycles. The van der Waals surface area contributed by atoms with E-state index in [4.69, 9.17) is 9.47 Å². The van der Waals surface area contributed by atoms with E-state index in [9.17, 15) is 14.7 Å². The molecule has 0 fully saturated rings. The smallest absolute Gasteiger partial charge is 0.306 e. The number of aliphatic hydroxyl groups excluding tert-OH is 1. The first-order chi connectivity index (χ1) is 31.6. The molecule has 1 N–H and O–H groups in total. The molecule has 0 aliphatic carbocycles. The maximum Gasteiger partial charge on any atom is 0.306 e. The lowest BCUT2D eigenvalue weighted by atomic mass is 10.0. The highest BCUT2D eigenvalue weighted by atomic mass is 16.6. The fourth-order valence-corrected chi connectivity index (χ4v) is 7.35. The second kappa shape index (κ2) is 54.2. The summed E-state index contributed by atoms with van der Waals surface area (Å²) in [6.07, 6.45) is 76.5. The van der Waals surface area contributed by atoms with Gasteiger partial charge in [-0.3, -0.25) is 9.59 Å².